The van der Waals surface area contributed by atoms with Gasteiger partial charge in [-0.3, -0.25) is 4.79 Å². The third-order valence-electron chi connectivity index (χ3n) is 4.32. The van der Waals surface area contributed by atoms with Crippen molar-refractivity contribution in [2.45, 2.75) is 20.3 Å². The maximum absolute atomic E-state index is 13.6. The second-order valence-corrected chi connectivity index (χ2v) is 6.31. The Balaban J connectivity index is 1.61. The Morgan fingerprint density at radius 3 is 2.63 bits per heavy atom. The molecule has 0 radical (unpaired) electrons. The van der Waals surface area contributed by atoms with Gasteiger partial charge in [0.25, 0.3) is 5.91 Å². The maximum atomic E-state index is 13.6. The molecule has 1 aromatic heterocycles. The van der Waals surface area contributed by atoms with E-state index in [-0.39, 0.29) is 17.4 Å². The van der Waals surface area contributed by atoms with Crippen LogP contribution in [0.15, 0.2) is 54.9 Å². The van der Waals surface area contributed by atoms with E-state index in [1.807, 2.05) is 32.0 Å². The Hall–Kier alpha value is -3.28. The highest BCUT2D eigenvalue weighted by Gasteiger charge is 2.09. The zero-order valence-corrected chi connectivity index (χ0v) is 15.3. The van der Waals surface area contributed by atoms with Gasteiger partial charge in [0.05, 0.1) is 0 Å². The number of carbonyl (C=O) groups is 1. The van der Waals surface area contributed by atoms with E-state index in [1.54, 1.807) is 24.3 Å². The molecule has 0 saturated heterocycles. The Morgan fingerprint density at radius 2 is 1.85 bits per heavy atom. The van der Waals surface area contributed by atoms with Crippen LogP contribution in [0.2, 0.25) is 0 Å². The van der Waals surface area contributed by atoms with Gasteiger partial charge in [0.2, 0.25) is 0 Å². The third-order valence-corrected chi connectivity index (χ3v) is 4.32. The van der Waals surface area contributed by atoms with Crippen LogP contribution in [0.4, 0.5) is 15.9 Å². The van der Waals surface area contributed by atoms with E-state index in [4.69, 9.17) is 0 Å². The predicted molar refractivity (Wildman–Crippen MR) is 104 cm³/mol. The number of anilines is 2. The molecule has 0 saturated carbocycles. The topological polar surface area (TPSA) is 66.9 Å². The van der Waals surface area contributed by atoms with E-state index in [1.165, 1.54) is 23.5 Å². The average Bonchev–Trinajstić information content (AvgIpc) is 2.66. The van der Waals surface area contributed by atoms with Crippen molar-refractivity contribution in [1.82, 2.24) is 15.3 Å². The Morgan fingerprint density at radius 1 is 1.04 bits per heavy atom. The number of halogens is 1. The van der Waals surface area contributed by atoms with Gasteiger partial charge in [-0.1, -0.05) is 24.3 Å². The summed E-state index contributed by atoms with van der Waals surface area (Å²) in [6.45, 7) is 4.41. The molecule has 1 amide bonds. The van der Waals surface area contributed by atoms with Crippen molar-refractivity contribution in [2.75, 3.05) is 11.9 Å². The molecule has 3 rings (SSSR count). The summed E-state index contributed by atoms with van der Waals surface area (Å²) in [6, 6.07) is 14.1. The number of carbonyl (C=O) groups excluding carboxylic acids is 1. The standard InChI is InChI=1S/C21H21FN4O/c1-14-7-8-17(11-15(14)2)26-20-12-19(24-13-25-20)21(27)23-10-9-16-5-3-4-6-18(16)22/h3-8,11-13H,9-10H2,1-2H3,(H,23,27)(H,24,25,26). The first-order valence-corrected chi connectivity index (χ1v) is 8.71. The van der Waals surface area contributed by atoms with Crippen LogP contribution >= 0.6 is 0 Å². The van der Waals surface area contributed by atoms with Gasteiger partial charge in [-0.15, -0.1) is 0 Å². The summed E-state index contributed by atoms with van der Waals surface area (Å²) in [7, 11) is 0. The Labute approximate surface area is 157 Å². The summed E-state index contributed by atoms with van der Waals surface area (Å²) in [5, 5.41) is 5.93. The fourth-order valence-electron chi connectivity index (χ4n) is 2.62. The fraction of sp³-hybridized carbons (Fsp3) is 0.190. The normalized spacial score (nSPS) is 10.5. The molecule has 138 valence electrons. The number of amides is 1. The van der Waals surface area contributed by atoms with E-state index >= 15 is 0 Å². The lowest BCUT2D eigenvalue weighted by molar-refractivity contribution is 0.0949. The molecule has 0 bridgehead atoms. The van der Waals surface area contributed by atoms with Gasteiger partial charge in [0.15, 0.2) is 0 Å². The highest BCUT2D eigenvalue weighted by Crippen LogP contribution is 2.18. The van der Waals surface area contributed by atoms with Crippen LogP contribution in [-0.2, 0) is 6.42 Å². The van der Waals surface area contributed by atoms with E-state index in [0.29, 0.717) is 24.3 Å². The lowest BCUT2D eigenvalue weighted by Crippen LogP contribution is -2.26. The first-order valence-electron chi connectivity index (χ1n) is 8.71. The Kier molecular flexibility index (Phi) is 5.76. The molecule has 0 aliphatic rings. The van der Waals surface area contributed by atoms with Crippen molar-refractivity contribution in [3.63, 3.8) is 0 Å². The number of rotatable bonds is 6. The molecule has 1 heterocycles. The van der Waals surface area contributed by atoms with E-state index in [9.17, 15) is 9.18 Å². The SMILES string of the molecule is Cc1ccc(Nc2cc(C(=O)NCCc3ccccc3F)ncn2)cc1C. The number of hydrogen-bond acceptors (Lipinski definition) is 4. The van der Waals surface area contributed by atoms with Crippen LogP contribution < -0.4 is 10.6 Å². The highest BCUT2D eigenvalue weighted by atomic mass is 19.1. The van der Waals surface area contributed by atoms with Crippen LogP contribution in [0.1, 0.15) is 27.2 Å². The summed E-state index contributed by atoms with van der Waals surface area (Å²) in [6.07, 6.45) is 1.76. The largest absolute Gasteiger partial charge is 0.350 e. The van der Waals surface area contributed by atoms with Gasteiger partial charge in [0.1, 0.15) is 23.7 Å². The van der Waals surface area contributed by atoms with Crippen LogP contribution in [-0.4, -0.2) is 22.4 Å². The van der Waals surface area contributed by atoms with Crippen molar-refractivity contribution in [3.05, 3.63) is 83.1 Å². The summed E-state index contributed by atoms with van der Waals surface area (Å²) in [4.78, 5) is 20.5. The number of hydrogen-bond donors (Lipinski definition) is 2. The number of aromatic nitrogens is 2. The molecule has 0 unspecified atom stereocenters. The molecule has 0 fully saturated rings. The molecule has 27 heavy (non-hydrogen) atoms. The third kappa shape index (κ3) is 4.88. The molecule has 3 aromatic rings. The zero-order valence-electron chi connectivity index (χ0n) is 15.3. The van der Waals surface area contributed by atoms with Crippen molar-refractivity contribution in [3.8, 4) is 0 Å². The maximum Gasteiger partial charge on any atom is 0.270 e. The molecule has 0 aliphatic carbocycles. The van der Waals surface area contributed by atoms with Crippen LogP contribution in [0, 0.1) is 19.7 Å². The molecular weight excluding hydrogens is 343 g/mol. The molecular formula is C21H21FN4O. The van der Waals surface area contributed by atoms with Crippen molar-refractivity contribution in [1.29, 1.82) is 0 Å². The predicted octanol–water partition coefficient (Wildman–Crippen LogP) is 3.95. The second kappa shape index (κ2) is 8.40. The van der Waals surface area contributed by atoms with Gasteiger partial charge in [0, 0.05) is 18.3 Å². The molecule has 5 nitrogen and oxygen atoms in total. The number of nitrogens with one attached hydrogen (secondary N) is 2. The lowest BCUT2D eigenvalue weighted by Gasteiger charge is -2.09. The van der Waals surface area contributed by atoms with E-state index in [2.05, 4.69) is 20.6 Å². The number of benzene rings is 2. The summed E-state index contributed by atoms with van der Waals surface area (Å²) >= 11 is 0. The average molecular weight is 364 g/mol. The van der Waals surface area contributed by atoms with Crippen molar-refractivity contribution >= 4 is 17.4 Å². The summed E-state index contributed by atoms with van der Waals surface area (Å²) in [5.74, 6) is -0.0574. The minimum Gasteiger partial charge on any atom is -0.350 e. The minimum absolute atomic E-state index is 0.255. The first-order chi connectivity index (χ1) is 13.0. The van der Waals surface area contributed by atoms with Gasteiger partial charge in [-0.2, -0.15) is 0 Å². The number of nitrogens with zero attached hydrogens (tertiary/aromatic N) is 2. The number of aryl methyl sites for hydroxylation is 2. The molecule has 2 aromatic carbocycles. The van der Waals surface area contributed by atoms with Gasteiger partial charge in [-0.05, 0) is 55.2 Å². The minimum atomic E-state index is -0.322. The van der Waals surface area contributed by atoms with Crippen molar-refractivity contribution in [2.24, 2.45) is 0 Å². The van der Waals surface area contributed by atoms with Crippen molar-refractivity contribution < 1.29 is 9.18 Å². The Bertz CT molecular complexity index is 958. The summed E-state index contributed by atoms with van der Waals surface area (Å²) < 4.78 is 13.6. The van der Waals surface area contributed by atoms with Gasteiger partial charge < -0.3 is 10.6 Å². The fourth-order valence-corrected chi connectivity index (χ4v) is 2.62. The van der Waals surface area contributed by atoms with Crippen LogP contribution in [0.25, 0.3) is 0 Å². The molecule has 0 aliphatic heterocycles. The first kappa shape index (κ1) is 18.5. The monoisotopic (exact) mass is 364 g/mol. The highest BCUT2D eigenvalue weighted by molar-refractivity contribution is 5.92. The van der Waals surface area contributed by atoms with E-state index in [0.717, 1.165) is 5.69 Å². The molecule has 6 heteroatoms. The quantitative estimate of drug-likeness (QED) is 0.695. The summed E-state index contributed by atoms with van der Waals surface area (Å²) in [5.41, 5.74) is 4.09. The van der Waals surface area contributed by atoms with Gasteiger partial charge in [-0.25, -0.2) is 14.4 Å². The zero-order chi connectivity index (χ0) is 19.2. The van der Waals surface area contributed by atoms with Gasteiger partial charge >= 0.3 is 0 Å². The second-order valence-electron chi connectivity index (χ2n) is 6.31. The molecule has 0 spiro atoms. The van der Waals surface area contributed by atoms with Crippen LogP contribution in [0.5, 0.6) is 0 Å². The molecule has 2 N–H and O–H groups in total. The lowest BCUT2D eigenvalue weighted by atomic mass is 10.1. The van der Waals surface area contributed by atoms with Crippen LogP contribution in [0.3, 0.4) is 0 Å². The van der Waals surface area contributed by atoms with E-state index < -0.39 is 0 Å². The smallest absolute Gasteiger partial charge is 0.270 e. The molecule has 0 atom stereocenters.